The zero-order chi connectivity index (χ0) is 21.7. The maximum atomic E-state index is 10.8. The first kappa shape index (κ1) is 26.8. The maximum Gasteiger partial charge on any atom is 0.469 e. The van der Waals surface area contributed by atoms with Gasteiger partial charge in [-0.25, -0.2) is 19.5 Å². The minimum absolute atomic E-state index is 0.0280. The van der Waals surface area contributed by atoms with Crippen LogP contribution in [-0.4, -0.2) is 49.2 Å². The average molecular weight is 436 g/mol. The zero-order valence-corrected chi connectivity index (χ0v) is 19.5. The molecule has 0 fully saturated rings. The molecule has 1 unspecified atom stereocenters. The van der Waals surface area contributed by atoms with Gasteiger partial charge >= 0.3 is 7.82 Å². The molecule has 0 saturated carbocycles. The minimum Gasteiger partial charge on any atom is -0.371 e. The van der Waals surface area contributed by atoms with Crippen LogP contribution in [0.3, 0.4) is 0 Å². The van der Waals surface area contributed by atoms with E-state index in [0.717, 1.165) is 12.1 Å². The number of nitrogens with one attached hydrogen (secondary N) is 1. The van der Waals surface area contributed by atoms with Gasteiger partial charge in [0, 0.05) is 13.6 Å². The van der Waals surface area contributed by atoms with Gasteiger partial charge < -0.3 is 19.7 Å². The lowest BCUT2D eigenvalue weighted by Crippen LogP contribution is -2.11. The lowest BCUT2D eigenvalue weighted by molar-refractivity contribution is 0.160. The van der Waals surface area contributed by atoms with Gasteiger partial charge in [-0.1, -0.05) is 52.8 Å². The number of thioether (sulfide) groups is 1. The third kappa shape index (κ3) is 8.45. The number of aromatic nitrogens is 4. The standard InChI is InChI=1S/C13H22N5O4PS.2C2H6/c1-4-9(7-22-23(19,20)21)5-6-18-8-15-10-11(14-2)16-13(24-3)17-12(10)18;2*1-2/h8-9H,4-7H2,1-3H3,(H,14,16,17)(H2,19,20,21);2*1-2H3. The van der Waals surface area contributed by atoms with Gasteiger partial charge in [0.25, 0.3) is 0 Å². The fourth-order valence-electron chi connectivity index (χ4n) is 2.28. The van der Waals surface area contributed by atoms with E-state index in [9.17, 15) is 4.57 Å². The number of nitrogens with zero attached hydrogens (tertiary/aromatic N) is 4. The molecule has 2 rings (SSSR count). The lowest BCUT2D eigenvalue weighted by Gasteiger charge is -2.15. The van der Waals surface area contributed by atoms with Crippen molar-refractivity contribution in [2.75, 3.05) is 25.2 Å². The van der Waals surface area contributed by atoms with Gasteiger partial charge in [-0.15, -0.1) is 0 Å². The molecule has 2 heterocycles. The van der Waals surface area contributed by atoms with Crippen molar-refractivity contribution in [2.45, 2.75) is 59.2 Å². The van der Waals surface area contributed by atoms with E-state index in [1.54, 1.807) is 13.4 Å². The number of rotatable bonds is 9. The number of imidazole rings is 1. The number of phosphoric acid groups is 1. The highest BCUT2D eigenvalue weighted by Crippen LogP contribution is 2.37. The lowest BCUT2D eigenvalue weighted by atomic mass is 10.0. The molecule has 9 nitrogen and oxygen atoms in total. The van der Waals surface area contributed by atoms with Crippen LogP contribution >= 0.6 is 19.6 Å². The van der Waals surface area contributed by atoms with Crippen molar-refractivity contribution in [1.29, 1.82) is 0 Å². The maximum absolute atomic E-state index is 10.8. The molecule has 3 N–H and O–H groups in total. The first-order valence-corrected chi connectivity index (χ1v) is 12.3. The number of anilines is 1. The summed E-state index contributed by atoms with van der Waals surface area (Å²) in [7, 11) is -2.64. The van der Waals surface area contributed by atoms with Crippen LogP contribution in [0.1, 0.15) is 47.5 Å². The Morgan fingerprint density at radius 2 is 1.93 bits per heavy atom. The molecule has 0 spiro atoms. The smallest absolute Gasteiger partial charge is 0.371 e. The Morgan fingerprint density at radius 3 is 2.43 bits per heavy atom. The summed E-state index contributed by atoms with van der Waals surface area (Å²) >= 11 is 1.46. The van der Waals surface area contributed by atoms with Gasteiger partial charge in [0.1, 0.15) is 5.52 Å². The summed E-state index contributed by atoms with van der Waals surface area (Å²) in [6, 6.07) is 0. The molecular formula is C17H34N5O4PS. The van der Waals surface area contributed by atoms with Crippen molar-refractivity contribution >= 4 is 36.6 Å². The summed E-state index contributed by atoms with van der Waals surface area (Å²) in [5, 5.41) is 3.68. The Bertz CT molecular complexity index is 738. The van der Waals surface area contributed by atoms with E-state index >= 15 is 0 Å². The van der Waals surface area contributed by atoms with Gasteiger partial charge in [0.05, 0.1) is 12.9 Å². The third-order valence-electron chi connectivity index (χ3n) is 3.70. The van der Waals surface area contributed by atoms with Crippen LogP contribution in [0.2, 0.25) is 0 Å². The number of hydrogen-bond acceptors (Lipinski definition) is 7. The van der Waals surface area contributed by atoms with E-state index in [-0.39, 0.29) is 12.5 Å². The minimum atomic E-state index is -4.43. The van der Waals surface area contributed by atoms with E-state index in [1.165, 1.54) is 11.8 Å². The Labute approximate surface area is 172 Å². The summed E-state index contributed by atoms with van der Waals surface area (Å²) in [6.45, 7) is 10.6. The van der Waals surface area contributed by atoms with Gasteiger partial charge in [0.2, 0.25) is 0 Å². The number of fused-ring (bicyclic) bond motifs is 1. The van der Waals surface area contributed by atoms with Crippen molar-refractivity contribution < 1.29 is 18.9 Å². The van der Waals surface area contributed by atoms with Crippen LogP contribution in [0.4, 0.5) is 5.82 Å². The van der Waals surface area contributed by atoms with Crippen LogP contribution in [-0.2, 0) is 15.6 Å². The normalized spacial score (nSPS) is 11.9. The number of aryl methyl sites for hydroxylation is 1. The Balaban J connectivity index is 0.00000171. The summed E-state index contributed by atoms with van der Waals surface area (Å²) in [5.74, 6) is 0.723. The molecule has 0 saturated heterocycles. The molecule has 11 heteroatoms. The van der Waals surface area contributed by atoms with Gasteiger partial charge in [-0.05, 0) is 18.6 Å². The predicted octanol–water partition coefficient (Wildman–Crippen LogP) is 4.17. The van der Waals surface area contributed by atoms with E-state index in [0.29, 0.717) is 29.5 Å². The SMILES string of the molecule is CC.CC.CCC(CCn1cnc2c(NC)nc(SC)nc21)COP(=O)(O)O. The van der Waals surface area contributed by atoms with Crippen LogP contribution < -0.4 is 5.32 Å². The van der Waals surface area contributed by atoms with Crippen molar-refractivity contribution in [3.8, 4) is 0 Å². The second-order valence-corrected chi connectivity index (χ2v) is 7.28. The first-order valence-electron chi connectivity index (χ1n) is 9.52. The van der Waals surface area contributed by atoms with E-state index < -0.39 is 7.82 Å². The molecule has 28 heavy (non-hydrogen) atoms. The van der Waals surface area contributed by atoms with Crippen LogP contribution in [0.25, 0.3) is 11.2 Å². The highest BCUT2D eigenvalue weighted by Gasteiger charge is 2.18. The molecule has 0 aliphatic rings. The fraction of sp³-hybridized carbons (Fsp3) is 0.706. The Kier molecular flexibility index (Phi) is 13.3. The molecule has 0 aliphatic heterocycles. The van der Waals surface area contributed by atoms with Crippen LogP contribution in [0, 0.1) is 5.92 Å². The van der Waals surface area contributed by atoms with E-state index in [1.807, 2.05) is 45.4 Å². The largest absolute Gasteiger partial charge is 0.469 e. The van der Waals surface area contributed by atoms with Crippen LogP contribution in [0.15, 0.2) is 11.5 Å². The van der Waals surface area contributed by atoms with Gasteiger partial charge in [0.15, 0.2) is 16.6 Å². The quantitative estimate of drug-likeness (QED) is 0.302. The van der Waals surface area contributed by atoms with Gasteiger partial charge in [-0.3, -0.25) is 4.52 Å². The molecule has 2 aromatic rings. The molecule has 0 bridgehead atoms. The number of phosphoric ester groups is 1. The summed E-state index contributed by atoms with van der Waals surface area (Å²) in [6.07, 6.45) is 5.09. The van der Waals surface area contributed by atoms with E-state index in [4.69, 9.17) is 9.79 Å². The monoisotopic (exact) mass is 435 g/mol. The van der Waals surface area contributed by atoms with Crippen LogP contribution in [0.5, 0.6) is 0 Å². The average Bonchev–Trinajstić information content (AvgIpc) is 3.12. The summed E-state index contributed by atoms with van der Waals surface area (Å²) in [4.78, 5) is 30.9. The summed E-state index contributed by atoms with van der Waals surface area (Å²) < 4.78 is 17.4. The molecule has 0 radical (unpaired) electrons. The number of hydrogen-bond donors (Lipinski definition) is 3. The third-order valence-corrected chi connectivity index (χ3v) is 4.73. The van der Waals surface area contributed by atoms with Crippen molar-refractivity contribution in [1.82, 2.24) is 19.5 Å². The Morgan fingerprint density at radius 1 is 1.29 bits per heavy atom. The van der Waals surface area contributed by atoms with Crippen molar-refractivity contribution in [3.63, 3.8) is 0 Å². The first-order chi connectivity index (χ1) is 13.4. The molecule has 162 valence electrons. The predicted molar refractivity (Wildman–Crippen MR) is 116 cm³/mol. The summed E-state index contributed by atoms with van der Waals surface area (Å²) in [5.41, 5.74) is 1.44. The molecular weight excluding hydrogens is 401 g/mol. The van der Waals surface area contributed by atoms with Gasteiger partial charge in [-0.2, -0.15) is 0 Å². The van der Waals surface area contributed by atoms with Crippen molar-refractivity contribution in [2.24, 2.45) is 5.92 Å². The highest BCUT2D eigenvalue weighted by atomic mass is 32.2. The molecule has 0 aliphatic carbocycles. The molecule has 1 atom stereocenters. The highest BCUT2D eigenvalue weighted by molar-refractivity contribution is 7.98. The molecule has 2 aromatic heterocycles. The second kappa shape index (κ2) is 13.9. The topological polar surface area (TPSA) is 122 Å². The molecule has 0 amide bonds. The zero-order valence-electron chi connectivity index (χ0n) is 17.8. The Hall–Kier alpha value is -1.19. The second-order valence-electron chi connectivity index (χ2n) is 5.27. The van der Waals surface area contributed by atoms with Crippen molar-refractivity contribution in [3.05, 3.63) is 6.33 Å². The van der Waals surface area contributed by atoms with E-state index in [2.05, 4.69) is 24.8 Å². The fourth-order valence-corrected chi connectivity index (χ4v) is 3.05. The molecule has 0 aromatic carbocycles.